The summed E-state index contributed by atoms with van der Waals surface area (Å²) in [5, 5.41) is 12.7. The zero-order valence-corrected chi connectivity index (χ0v) is 11.4. The van der Waals surface area contributed by atoms with Gasteiger partial charge in [0.15, 0.2) is 0 Å². The summed E-state index contributed by atoms with van der Waals surface area (Å²) in [6, 6.07) is 5.47. The first-order chi connectivity index (χ1) is 8.40. The maximum Gasteiger partial charge on any atom is 0.337 e. The van der Waals surface area contributed by atoms with Crippen LogP contribution in [0.5, 0.6) is 0 Å². The molecule has 0 saturated heterocycles. The maximum absolute atomic E-state index is 11.0. The molecule has 3 nitrogen and oxygen atoms in total. The van der Waals surface area contributed by atoms with Gasteiger partial charge in [0.25, 0.3) is 0 Å². The van der Waals surface area contributed by atoms with Crippen molar-refractivity contribution in [3.63, 3.8) is 0 Å². The van der Waals surface area contributed by atoms with Crippen molar-refractivity contribution in [1.29, 1.82) is 0 Å². The molecule has 2 rings (SSSR count). The van der Waals surface area contributed by atoms with Gasteiger partial charge in [-0.05, 0) is 36.5 Å². The number of hydrogen-bond acceptors (Lipinski definition) is 2. The van der Waals surface area contributed by atoms with Crippen molar-refractivity contribution in [3.05, 3.63) is 28.8 Å². The predicted molar refractivity (Wildman–Crippen MR) is 73.5 cm³/mol. The fraction of sp³-hybridized carbons (Fsp3) is 0.500. The molecule has 0 bridgehead atoms. The number of nitrogens with one attached hydrogen (secondary N) is 1. The Kier molecular flexibility index (Phi) is 3.53. The molecular formula is C14H18ClNO2. The topological polar surface area (TPSA) is 49.3 Å². The molecule has 0 amide bonds. The highest BCUT2D eigenvalue weighted by Gasteiger charge is 2.34. The van der Waals surface area contributed by atoms with E-state index in [0.29, 0.717) is 6.04 Å². The lowest BCUT2D eigenvalue weighted by molar-refractivity contribution is 0.0697. The van der Waals surface area contributed by atoms with Gasteiger partial charge in [0.05, 0.1) is 10.6 Å². The number of carboxylic acid groups (broad SMARTS) is 1. The van der Waals surface area contributed by atoms with E-state index < -0.39 is 5.97 Å². The van der Waals surface area contributed by atoms with Crippen molar-refractivity contribution in [1.82, 2.24) is 0 Å². The van der Waals surface area contributed by atoms with Crippen LogP contribution in [-0.2, 0) is 0 Å². The van der Waals surface area contributed by atoms with Crippen molar-refractivity contribution in [2.24, 2.45) is 5.41 Å². The smallest absolute Gasteiger partial charge is 0.337 e. The first-order valence-corrected chi connectivity index (χ1v) is 6.57. The van der Waals surface area contributed by atoms with E-state index >= 15 is 0 Å². The minimum Gasteiger partial charge on any atom is -0.478 e. The number of rotatable bonds is 3. The largest absolute Gasteiger partial charge is 0.478 e. The number of aromatic carboxylic acids is 1. The zero-order valence-electron chi connectivity index (χ0n) is 10.7. The summed E-state index contributed by atoms with van der Waals surface area (Å²) >= 11 is 5.86. The van der Waals surface area contributed by atoms with Gasteiger partial charge in [-0.2, -0.15) is 0 Å². The van der Waals surface area contributed by atoms with Crippen LogP contribution in [0.1, 0.15) is 43.5 Å². The molecule has 1 saturated carbocycles. The third-order valence-electron chi connectivity index (χ3n) is 3.79. The second-order valence-electron chi connectivity index (χ2n) is 5.58. The highest BCUT2D eigenvalue weighted by atomic mass is 35.5. The van der Waals surface area contributed by atoms with Gasteiger partial charge in [-0.15, -0.1) is 0 Å². The average molecular weight is 268 g/mol. The average Bonchev–Trinajstić information content (AvgIpc) is 2.60. The molecule has 0 radical (unpaired) electrons. The van der Waals surface area contributed by atoms with E-state index in [9.17, 15) is 4.79 Å². The van der Waals surface area contributed by atoms with Crippen molar-refractivity contribution >= 4 is 23.3 Å². The second kappa shape index (κ2) is 4.81. The quantitative estimate of drug-likeness (QED) is 0.869. The number of anilines is 1. The summed E-state index contributed by atoms with van der Waals surface area (Å²) in [7, 11) is 0. The van der Waals surface area contributed by atoms with Gasteiger partial charge in [-0.25, -0.2) is 4.79 Å². The molecule has 1 unspecified atom stereocenters. The Hall–Kier alpha value is -1.22. The lowest BCUT2D eigenvalue weighted by atomic mass is 9.87. The molecule has 0 spiro atoms. The maximum atomic E-state index is 11.0. The van der Waals surface area contributed by atoms with Gasteiger partial charge < -0.3 is 10.4 Å². The minimum atomic E-state index is -0.991. The van der Waals surface area contributed by atoms with Crippen molar-refractivity contribution in [2.45, 2.75) is 39.2 Å². The second-order valence-corrected chi connectivity index (χ2v) is 5.98. The van der Waals surface area contributed by atoms with E-state index in [1.807, 2.05) is 6.07 Å². The number of carbonyl (C=O) groups is 1. The molecule has 1 fully saturated rings. The number of hydrogen-bond donors (Lipinski definition) is 2. The van der Waals surface area contributed by atoms with Gasteiger partial charge >= 0.3 is 5.97 Å². The first-order valence-electron chi connectivity index (χ1n) is 6.19. The molecule has 2 N–H and O–H groups in total. The monoisotopic (exact) mass is 267 g/mol. The number of benzene rings is 1. The highest BCUT2D eigenvalue weighted by Crippen LogP contribution is 2.39. The molecule has 4 heteroatoms. The third-order valence-corrected chi connectivity index (χ3v) is 4.12. The van der Waals surface area contributed by atoms with Crippen LogP contribution in [0.3, 0.4) is 0 Å². The molecular weight excluding hydrogens is 250 g/mol. The molecule has 0 aromatic heterocycles. The molecule has 1 aliphatic carbocycles. The summed E-state index contributed by atoms with van der Waals surface area (Å²) in [5.41, 5.74) is 1.23. The van der Waals surface area contributed by atoms with E-state index in [1.54, 1.807) is 12.1 Å². The third kappa shape index (κ3) is 2.61. The number of carboxylic acids is 1. The standard InChI is InChI=1S/C14H18ClNO2/c1-14(2)7-3-4-12(14)16-9-5-6-11(15)10(8-9)13(17)18/h5-6,8,12,16H,3-4,7H2,1-2H3,(H,17,18). The Morgan fingerprint density at radius 3 is 2.78 bits per heavy atom. The van der Waals surface area contributed by atoms with E-state index in [-0.39, 0.29) is 16.0 Å². The van der Waals surface area contributed by atoms with Gasteiger partial charge in [0.1, 0.15) is 0 Å². The van der Waals surface area contributed by atoms with Crippen LogP contribution in [0.15, 0.2) is 18.2 Å². The van der Waals surface area contributed by atoms with Gasteiger partial charge in [0.2, 0.25) is 0 Å². The molecule has 18 heavy (non-hydrogen) atoms. The summed E-state index contributed by atoms with van der Waals surface area (Å²) in [6.45, 7) is 4.48. The van der Waals surface area contributed by atoms with Crippen LogP contribution in [0, 0.1) is 5.41 Å². The lowest BCUT2D eigenvalue weighted by Gasteiger charge is -2.28. The predicted octanol–water partition coefficient (Wildman–Crippen LogP) is 4.03. The Balaban J connectivity index is 2.20. The molecule has 98 valence electrons. The van der Waals surface area contributed by atoms with Crippen LogP contribution in [0.2, 0.25) is 5.02 Å². The lowest BCUT2D eigenvalue weighted by Crippen LogP contribution is -2.30. The van der Waals surface area contributed by atoms with E-state index in [0.717, 1.165) is 12.1 Å². The molecule has 0 aliphatic heterocycles. The Bertz CT molecular complexity index is 471. The SMILES string of the molecule is CC1(C)CCCC1Nc1ccc(Cl)c(C(=O)O)c1. The van der Waals surface area contributed by atoms with E-state index in [2.05, 4.69) is 19.2 Å². The Morgan fingerprint density at radius 1 is 1.50 bits per heavy atom. The van der Waals surface area contributed by atoms with Crippen LogP contribution in [0.25, 0.3) is 0 Å². The normalized spacial score (nSPS) is 21.8. The summed E-state index contributed by atoms with van der Waals surface area (Å²) < 4.78 is 0. The summed E-state index contributed by atoms with van der Waals surface area (Å²) in [4.78, 5) is 11.0. The van der Waals surface area contributed by atoms with Crippen molar-refractivity contribution in [3.8, 4) is 0 Å². The number of halogens is 1. The minimum absolute atomic E-state index is 0.150. The summed E-state index contributed by atoms with van der Waals surface area (Å²) in [5.74, 6) is -0.991. The highest BCUT2D eigenvalue weighted by molar-refractivity contribution is 6.33. The van der Waals surface area contributed by atoms with Gasteiger partial charge in [0, 0.05) is 11.7 Å². The molecule has 1 atom stereocenters. The molecule has 1 aliphatic rings. The van der Waals surface area contributed by atoms with Gasteiger partial charge in [-0.1, -0.05) is 31.9 Å². The Labute approximate surface area is 112 Å². The first kappa shape index (κ1) is 13.2. The molecule has 0 heterocycles. The van der Waals surface area contributed by atoms with E-state index in [4.69, 9.17) is 16.7 Å². The van der Waals surface area contributed by atoms with Crippen molar-refractivity contribution < 1.29 is 9.90 Å². The van der Waals surface area contributed by atoms with Gasteiger partial charge in [-0.3, -0.25) is 0 Å². The fourth-order valence-corrected chi connectivity index (χ4v) is 2.77. The zero-order chi connectivity index (χ0) is 13.3. The Morgan fingerprint density at radius 2 is 2.22 bits per heavy atom. The van der Waals surface area contributed by atoms with Crippen LogP contribution >= 0.6 is 11.6 Å². The molecule has 1 aromatic rings. The fourth-order valence-electron chi connectivity index (χ4n) is 2.57. The van der Waals surface area contributed by atoms with Crippen LogP contribution in [-0.4, -0.2) is 17.1 Å². The summed E-state index contributed by atoms with van der Waals surface area (Å²) in [6.07, 6.45) is 3.53. The van der Waals surface area contributed by atoms with E-state index in [1.165, 1.54) is 12.8 Å². The van der Waals surface area contributed by atoms with Crippen molar-refractivity contribution in [2.75, 3.05) is 5.32 Å². The van der Waals surface area contributed by atoms with Crippen LogP contribution in [0.4, 0.5) is 5.69 Å². The molecule has 1 aromatic carbocycles. The van der Waals surface area contributed by atoms with Crippen LogP contribution < -0.4 is 5.32 Å².